The lowest BCUT2D eigenvalue weighted by Crippen LogP contribution is -2.37. The minimum absolute atomic E-state index is 0.235. The molecule has 0 aliphatic rings. The Morgan fingerprint density at radius 2 is 1.97 bits per heavy atom. The average molecular weight is 460 g/mol. The lowest BCUT2D eigenvalue weighted by atomic mass is 10.2. The molecule has 0 heterocycles. The van der Waals surface area contributed by atoms with Crippen molar-refractivity contribution in [1.82, 2.24) is 10.7 Å². The fourth-order valence-corrected chi connectivity index (χ4v) is 2.71. The molecule has 29 heavy (non-hydrogen) atoms. The van der Waals surface area contributed by atoms with E-state index in [1.165, 1.54) is 6.21 Å². The Morgan fingerprint density at radius 1 is 1.14 bits per heavy atom. The number of carbonyl (C=O) groups is 2. The van der Waals surface area contributed by atoms with Gasteiger partial charge in [0.15, 0.2) is 11.5 Å². The number of rotatable bonds is 9. The van der Waals surface area contributed by atoms with E-state index >= 15 is 0 Å². The van der Waals surface area contributed by atoms with Crippen molar-refractivity contribution in [3.8, 4) is 11.5 Å². The zero-order valence-electron chi connectivity index (χ0n) is 16.0. The van der Waals surface area contributed by atoms with Crippen LogP contribution in [0.1, 0.15) is 18.1 Å². The third-order valence-electron chi connectivity index (χ3n) is 3.55. The van der Waals surface area contributed by atoms with Gasteiger partial charge >= 0.3 is 11.8 Å². The summed E-state index contributed by atoms with van der Waals surface area (Å²) in [6.45, 7) is 6.55. The number of hydrazone groups is 1. The van der Waals surface area contributed by atoms with E-state index in [0.29, 0.717) is 30.3 Å². The van der Waals surface area contributed by atoms with Gasteiger partial charge in [-0.15, -0.1) is 0 Å². The summed E-state index contributed by atoms with van der Waals surface area (Å²) in [5, 5.41) is 6.36. The van der Waals surface area contributed by atoms with Gasteiger partial charge in [0.05, 0.1) is 12.8 Å². The lowest BCUT2D eigenvalue weighted by molar-refractivity contribution is -0.139. The maximum Gasteiger partial charge on any atom is 0.329 e. The predicted octanol–water partition coefficient (Wildman–Crippen LogP) is 3.18. The Labute approximate surface area is 177 Å². The molecule has 2 N–H and O–H groups in total. The van der Waals surface area contributed by atoms with E-state index in [1.807, 2.05) is 31.2 Å². The molecule has 0 unspecified atom stereocenters. The molecule has 2 rings (SSSR count). The maximum absolute atomic E-state index is 11.9. The predicted molar refractivity (Wildman–Crippen MR) is 115 cm³/mol. The first-order valence-electron chi connectivity index (χ1n) is 8.89. The number of ether oxygens (including phenoxy) is 2. The van der Waals surface area contributed by atoms with Gasteiger partial charge < -0.3 is 14.8 Å². The van der Waals surface area contributed by atoms with E-state index in [2.05, 4.69) is 38.4 Å². The molecular formula is C21H22BrN3O4. The van der Waals surface area contributed by atoms with Crippen LogP contribution in [-0.4, -0.2) is 31.2 Å². The summed E-state index contributed by atoms with van der Waals surface area (Å²) in [6, 6.07) is 12.6. The molecule has 0 bridgehead atoms. The van der Waals surface area contributed by atoms with Crippen molar-refractivity contribution in [1.29, 1.82) is 0 Å². The van der Waals surface area contributed by atoms with Gasteiger partial charge in [0.25, 0.3) is 0 Å². The SMILES string of the molecule is C=CCOc1ccc(/C=N/NC(=O)C(=O)NCc2cccc(Br)c2)cc1OCC. The molecule has 0 aliphatic heterocycles. The van der Waals surface area contributed by atoms with Gasteiger partial charge in [-0.2, -0.15) is 5.10 Å². The quantitative estimate of drug-likeness (QED) is 0.261. The maximum atomic E-state index is 11.9. The number of carbonyl (C=O) groups excluding carboxylic acids is 2. The molecule has 2 aromatic carbocycles. The highest BCUT2D eigenvalue weighted by atomic mass is 79.9. The summed E-state index contributed by atoms with van der Waals surface area (Å²) in [5.41, 5.74) is 3.74. The molecule has 0 fully saturated rings. The fourth-order valence-electron chi connectivity index (χ4n) is 2.27. The minimum Gasteiger partial charge on any atom is -0.490 e. The third kappa shape index (κ3) is 7.42. The summed E-state index contributed by atoms with van der Waals surface area (Å²) < 4.78 is 12.0. The molecule has 0 radical (unpaired) electrons. The van der Waals surface area contributed by atoms with Gasteiger partial charge in [0.1, 0.15) is 6.61 Å². The number of hydrogen-bond donors (Lipinski definition) is 2. The average Bonchev–Trinajstić information content (AvgIpc) is 2.71. The summed E-state index contributed by atoms with van der Waals surface area (Å²) in [4.78, 5) is 23.7. The van der Waals surface area contributed by atoms with Gasteiger partial charge in [-0.25, -0.2) is 5.43 Å². The first kappa shape index (κ1) is 22.2. The molecule has 8 heteroatoms. The monoisotopic (exact) mass is 459 g/mol. The van der Waals surface area contributed by atoms with Crippen LogP contribution >= 0.6 is 15.9 Å². The van der Waals surface area contributed by atoms with E-state index in [1.54, 1.807) is 24.3 Å². The van der Waals surface area contributed by atoms with E-state index in [9.17, 15) is 9.59 Å². The van der Waals surface area contributed by atoms with Crippen LogP contribution < -0.4 is 20.2 Å². The molecule has 2 aromatic rings. The van der Waals surface area contributed by atoms with Crippen LogP contribution in [0.25, 0.3) is 0 Å². The molecular weight excluding hydrogens is 438 g/mol. The number of amides is 2. The first-order chi connectivity index (χ1) is 14.0. The minimum atomic E-state index is -0.854. The Morgan fingerprint density at radius 3 is 2.69 bits per heavy atom. The van der Waals surface area contributed by atoms with Crippen molar-refractivity contribution in [3.05, 3.63) is 70.7 Å². The normalized spacial score (nSPS) is 10.4. The first-order valence-corrected chi connectivity index (χ1v) is 9.69. The van der Waals surface area contributed by atoms with Crippen LogP contribution in [0.3, 0.4) is 0 Å². The standard InChI is InChI=1S/C21H22BrN3O4/c1-3-10-29-18-9-8-16(12-19(18)28-4-2)14-24-25-21(27)20(26)23-13-15-6-5-7-17(22)11-15/h3,5-9,11-12,14H,1,4,10,13H2,2H3,(H,23,26)(H,25,27)/b24-14+. The third-order valence-corrected chi connectivity index (χ3v) is 4.05. The summed E-state index contributed by atoms with van der Waals surface area (Å²) in [7, 11) is 0. The van der Waals surface area contributed by atoms with Crippen LogP contribution in [0.5, 0.6) is 11.5 Å². The number of nitrogens with one attached hydrogen (secondary N) is 2. The van der Waals surface area contributed by atoms with Crippen LogP contribution in [0.15, 0.2) is 64.7 Å². The van der Waals surface area contributed by atoms with Gasteiger partial charge in [-0.05, 0) is 48.4 Å². The zero-order chi connectivity index (χ0) is 21.1. The topological polar surface area (TPSA) is 89.0 Å². The van der Waals surface area contributed by atoms with Crippen LogP contribution in [0.4, 0.5) is 0 Å². The molecule has 0 atom stereocenters. The van der Waals surface area contributed by atoms with Crippen molar-refractivity contribution in [2.24, 2.45) is 5.10 Å². The van der Waals surface area contributed by atoms with E-state index in [4.69, 9.17) is 9.47 Å². The summed E-state index contributed by atoms with van der Waals surface area (Å²) in [6.07, 6.45) is 3.06. The smallest absolute Gasteiger partial charge is 0.329 e. The second-order valence-electron chi connectivity index (χ2n) is 5.75. The Hall–Kier alpha value is -3.13. The van der Waals surface area contributed by atoms with Crippen molar-refractivity contribution < 1.29 is 19.1 Å². The second kappa shape index (κ2) is 11.7. The highest BCUT2D eigenvalue weighted by molar-refractivity contribution is 9.10. The van der Waals surface area contributed by atoms with Gasteiger partial charge in [-0.3, -0.25) is 9.59 Å². The molecule has 0 saturated heterocycles. The van der Waals surface area contributed by atoms with E-state index < -0.39 is 11.8 Å². The number of benzene rings is 2. The molecule has 152 valence electrons. The van der Waals surface area contributed by atoms with Gasteiger partial charge in [0.2, 0.25) is 0 Å². The molecule has 2 amide bonds. The van der Waals surface area contributed by atoms with Crippen LogP contribution in [-0.2, 0) is 16.1 Å². The number of halogens is 1. The van der Waals surface area contributed by atoms with Crippen molar-refractivity contribution in [2.75, 3.05) is 13.2 Å². The molecule has 0 aliphatic carbocycles. The van der Waals surface area contributed by atoms with E-state index in [-0.39, 0.29) is 6.54 Å². The molecule has 0 saturated carbocycles. The Balaban J connectivity index is 1.90. The largest absolute Gasteiger partial charge is 0.490 e. The number of hydrogen-bond acceptors (Lipinski definition) is 5. The Bertz CT molecular complexity index is 899. The van der Waals surface area contributed by atoms with Gasteiger partial charge in [-0.1, -0.05) is 40.7 Å². The molecule has 7 nitrogen and oxygen atoms in total. The van der Waals surface area contributed by atoms with Gasteiger partial charge in [0, 0.05) is 11.0 Å². The second-order valence-corrected chi connectivity index (χ2v) is 6.67. The molecule has 0 aromatic heterocycles. The number of nitrogens with zero attached hydrogens (tertiary/aromatic N) is 1. The van der Waals surface area contributed by atoms with Crippen molar-refractivity contribution >= 4 is 34.0 Å². The fraction of sp³-hybridized carbons (Fsp3) is 0.190. The summed E-state index contributed by atoms with van der Waals surface area (Å²) in [5.74, 6) is -0.492. The zero-order valence-corrected chi connectivity index (χ0v) is 17.6. The van der Waals surface area contributed by atoms with E-state index in [0.717, 1.165) is 10.0 Å². The summed E-state index contributed by atoms with van der Waals surface area (Å²) >= 11 is 3.35. The highest BCUT2D eigenvalue weighted by Crippen LogP contribution is 2.28. The lowest BCUT2D eigenvalue weighted by Gasteiger charge is -2.11. The molecule has 0 spiro atoms. The van der Waals surface area contributed by atoms with Crippen molar-refractivity contribution in [2.45, 2.75) is 13.5 Å². The highest BCUT2D eigenvalue weighted by Gasteiger charge is 2.12. The van der Waals surface area contributed by atoms with Crippen LogP contribution in [0.2, 0.25) is 0 Å². The van der Waals surface area contributed by atoms with Crippen LogP contribution in [0, 0.1) is 0 Å². The van der Waals surface area contributed by atoms with Crippen molar-refractivity contribution in [3.63, 3.8) is 0 Å². The Kier molecular flexibility index (Phi) is 8.91.